The molecule has 6 nitrogen and oxygen atoms in total. The van der Waals surface area contributed by atoms with Crippen molar-refractivity contribution in [3.05, 3.63) is 53.3 Å². The van der Waals surface area contributed by atoms with Crippen molar-refractivity contribution in [2.45, 2.75) is 20.4 Å². The molecule has 0 fully saturated rings. The quantitative estimate of drug-likeness (QED) is 0.760. The van der Waals surface area contributed by atoms with E-state index in [2.05, 4.69) is 9.71 Å². The fourth-order valence-electron chi connectivity index (χ4n) is 2.83. The molecule has 0 radical (unpaired) electrons. The van der Waals surface area contributed by atoms with Gasteiger partial charge in [-0.05, 0) is 48.7 Å². The fourth-order valence-corrected chi connectivity index (χ4v) is 3.45. The van der Waals surface area contributed by atoms with Gasteiger partial charge in [-0.25, -0.2) is 13.4 Å². The number of sulfonamides is 1. The van der Waals surface area contributed by atoms with Crippen LogP contribution in [0.2, 0.25) is 0 Å². The third kappa shape index (κ3) is 3.61. The average molecular weight is 359 g/mol. The lowest BCUT2D eigenvalue weighted by Gasteiger charge is -2.13. The first-order chi connectivity index (χ1) is 11.8. The van der Waals surface area contributed by atoms with Crippen molar-refractivity contribution in [2.24, 2.45) is 0 Å². The highest BCUT2D eigenvalue weighted by Gasteiger charge is 2.16. The second-order valence-corrected chi connectivity index (χ2v) is 7.91. The molecule has 0 aliphatic rings. The van der Waals surface area contributed by atoms with Gasteiger partial charge in [0.2, 0.25) is 10.0 Å². The van der Waals surface area contributed by atoms with E-state index in [-0.39, 0.29) is 0 Å². The third-order valence-corrected chi connectivity index (χ3v) is 4.78. The summed E-state index contributed by atoms with van der Waals surface area (Å²) in [6.45, 7) is 4.48. The summed E-state index contributed by atoms with van der Waals surface area (Å²) in [6.07, 6.45) is 2.88. The van der Waals surface area contributed by atoms with Gasteiger partial charge in [0.05, 0.1) is 30.9 Å². The molecule has 2 aromatic carbocycles. The van der Waals surface area contributed by atoms with Gasteiger partial charge in [-0.3, -0.25) is 4.72 Å². The van der Waals surface area contributed by atoms with Gasteiger partial charge in [-0.1, -0.05) is 12.1 Å². The molecule has 0 spiro atoms. The van der Waals surface area contributed by atoms with Gasteiger partial charge < -0.3 is 9.30 Å². The standard InChI is InChI=1S/C18H21N3O3S/c1-12-8-16-18(17(13(12)2)20-25(4,22)23)19-11-21(16)10-14-6-5-7-15(9-14)24-3/h5-9,11,20H,10H2,1-4H3. The summed E-state index contributed by atoms with van der Waals surface area (Å²) in [6, 6.07) is 9.87. The molecule has 1 aromatic heterocycles. The summed E-state index contributed by atoms with van der Waals surface area (Å²) >= 11 is 0. The summed E-state index contributed by atoms with van der Waals surface area (Å²) in [4.78, 5) is 4.45. The zero-order valence-electron chi connectivity index (χ0n) is 14.7. The highest BCUT2D eigenvalue weighted by molar-refractivity contribution is 7.92. The zero-order chi connectivity index (χ0) is 18.2. The van der Waals surface area contributed by atoms with Crippen molar-refractivity contribution in [2.75, 3.05) is 18.1 Å². The first-order valence-corrected chi connectivity index (χ1v) is 9.73. The number of fused-ring (bicyclic) bond motifs is 1. The highest BCUT2D eigenvalue weighted by atomic mass is 32.2. The van der Waals surface area contributed by atoms with Crippen LogP contribution in [0.3, 0.4) is 0 Å². The average Bonchev–Trinajstić information content (AvgIpc) is 2.93. The van der Waals surface area contributed by atoms with Crippen molar-refractivity contribution in [1.82, 2.24) is 9.55 Å². The number of hydrogen-bond donors (Lipinski definition) is 1. The molecule has 0 unspecified atom stereocenters. The number of aromatic nitrogens is 2. The number of ether oxygens (including phenoxy) is 1. The van der Waals surface area contributed by atoms with Gasteiger partial charge in [0.25, 0.3) is 0 Å². The van der Waals surface area contributed by atoms with Crippen LogP contribution in [0.5, 0.6) is 5.75 Å². The Kier molecular flexibility index (Phi) is 4.43. The molecule has 0 saturated heterocycles. The Hall–Kier alpha value is -2.54. The Balaban J connectivity index is 2.09. The molecule has 1 heterocycles. The molecule has 1 N–H and O–H groups in total. The van der Waals surface area contributed by atoms with Crippen LogP contribution >= 0.6 is 0 Å². The van der Waals surface area contributed by atoms with E-state index >= 15 is 0 Å². The summed E-state index contributed by atoms with van der Waals surface area (Å²) < 4.78 is 33.3. The number of hydrogen-bond acceptors (Lipinski definition) is 4. The van der Waals surface area contributed by atoms with Crippen molar-refractivity contribution in [1.29, 1.82) is 0 Å². The van der Waals surface area contributed by atoms with Crippen LogP contribution in [-0.2, 0) is 16.6 Å². The minimum absolute atomic E-state index is 0.543. The maximum absolute atomic E-state index is 11.7. The normalized spacial score (nSPS) is 11.7. The highest BCUT2D eigenvalue weighted by Crippen LogP contribution is 2.30. The molecule has 0 aliphatic carbocycles. The SMILES string of the molecule is COc1cccc(Cn2cnc3c(NS(C)(=O)=O)c(C)c(C)cc32)c1. The lowest BCUT2D eigenvalue weighted by atomic mass is 10.1. The molecule has 0 aliphatic heterocycles. The van der Waals surface area contributed by atoms with Crippen LogP contribution in [0.15, 0.2) is 36.7 Å². The Bertz CT molecular complexity index is 1040. The maximum Gasteiger partial charge on any atom is 0.229 e. The molecular weight excluding hydrogens is 338 g/mol. The summed E-state index contributed by atoms with van der Waals surface area (Å²) in [7, 11) is -1.74. The van der Waals surface area contributed by atoms with Crippen molar-refractivity contribution >= 4 is 26.7 Å². The predicted octanol–water partition coefficient (Wildman–Crippen LogP) is 3.08. The molecular formula is C18H21N3O3S. The van der Waals surface area contributed by atoms with E-state index < -0.39 is 10.0 Å². The molecule has 3 rings (SSSR count). The summed E-state index contributed by atoms with van der Waals surface area (Å²) in [5.74, 6) is 0.799. The van der Waals surface area contributed by atoms with E-state index in [1.807, 2.05) is 48.7 Å². The smallest absolute Gasteiger partial charge is 0.229 e. The molecule has 3 aromatic rings. The van der Waals surface area contributed by atoms with E-state index in [9.17, 15) is 8.42 Å². The summed E-state index contributed by atoms with van der Waals surface area (Å²) in [5.41, 5.74) is 5.04. The number of benzene rings is 2. The van der Waals surface area contributed by atoms with Gasteiger partial charge in [0.15, 0.2) is 0 Å². The van der Waals surface area contributed by atoms with E-state index in [0.29, 0.717) is 17.7 Å². The van der Waals surface area contributed by atoms with Gasteiger partial charge in [0, 0.05) is 6.54 Å². The first kappa shape index (κ1) is 17.3. The minimum Gasteiger partial charge on any atom is -0.497 e. The molecule has 25 heavy (non-hydrogen) atoms. The molecule has 132 valence electrons. The molecule has 7 heteroatoms. The largest absolute Gasteiger partial charge is 0.497 e. The topological polar surface area (TPSA) is 73.2 Å². The van der Waals surface area contributed by atoms with Crippen LogP contribution in [0.1, 0.15) is 16.7 Å². The third-order valence-electron chi connectivity index (χ3n) is 4.21. The van der Waals surface area contributed by atoms with E-state index in [4.69, 9.17) is 4.74 Å². The van der Waals surface area contributed by atoms with Crippen LogP contribution in [0, 0.1) is 13.8 Å². The van der Waals surface area contributed by atoms with Gasteiger partial charge in [-0.2, -0.15) is 0 Å². The molecule has 0 amide bonds. The van der Waals surface area contributed by atoms with Crippen molar-refractivity contribution < 1.29 is 13.2 Å². The van der Waals surface area contributed by atoms with Gasteiger partial charge >= 0.3 is 0 Å². The predicted molar refractivity (Wildman–Crippen MR) is 99.8 cm³/mol. The number of nitrogens with zero attached hydrogens (tertiary/aromatic N) is 2. The lowest BCUT2D eigenvalue weighted by molar-refractivity contribution is 0.414. The van der Waals surface area contributed by atoms with Crippen LogP contribution in [-0.4, -0.2) is 31.3 Å². The van der Waals surface area contributed by atoms with Crippen LogP contribution < -0.4 is 9.46 Å². The van der Waals surface area contributed by atoms with Crippen LogP contribution in [0.4, 0.5) is 5.69 Å². The van der Waals surface area contributed by atoms with Gasteiger partial charge in [0.1, 0.15) is 11.3 Å². The Morgan fingerprint density at radius 1 is 1.24 bits per heavy atom. The zero-order valence-corrected chi connectivity index (χ0v) is 15.5. The van der Waals surface area contributed by atoms with E-state index in [1.165, 1.54) is 0 Å². The summed E-state index contributed by atoms with van der Waals surface area (Å²) in [5, 5.41) is 0. The number of aryl methyl sites for hydroxylation is 1. The van der Waals surface area contributed by atoms with E-state index in [1.54, 1.807) is 13.4 Å². The maximum atomic E-state index is 11.7. The minimum atomic E-state index is -3.38. The number of methoxy groups -OCH3 is 1. The molecule has 0 saturated carbocycles. The number of rotatable bonds is 5. The van der Waals surface area contributed by atoms with Crippen LogP contribution in [0.25, 0.3) is 11.0 Å². The monoisotopic (exact) mass is 359 g/mol. The second kappa shape index (κ2) is 6.40. The lowest BCUT2D eigenvalue weighted by Crippen LogP contribution is -2.11. The molecule has 0 bridgehead atoms. The van der Waals surface area contributed by atoms with Gasteiger partial charge in [-0.15, -0.1) is 0 Å². The first-order valence-electron chi connectivity index (χ1n) is 7.84. The fraction of sp³-hybridized carbons (Fsp3) is 0.278. The number of imidazole rings is 1. The number of nitrogens with one attached hydrogen (secondary N) is 1. The Morgan fingerprint density at radius 3 is 2.68 bits per heavy atom. The van der Waals surface area contributed by atoms with Crippen molar-refractivity contribution in [3.8, 4) is 5.75 Å². The second-order valence-electron chi connectivity index (χ2n) is 6.16. The van der Waals surface area contributed by atoms with E-state index in [0.717, 1.165) is 34.2 Å². The Labute approximate surface area is 147 Å². The Morgan fingerprint density at radius 2 is 2.00 bits per heavy atom. The molecule has 0 atom stereocenters. The number of anilines is 1. The van der Waals surface area contributed by atoms with Crippen molar-refractivity contribution in [3.63, 3.8) is 0 Å².